The van der Waals surface area contributed by atoms with E-state index in [2.05, 4.69) is 76.9 Å². The van der Waals surface area contributed by atoms with Gasteiger partial charge >= 0.3 is 0 Å². The number of aromatic nitrogens is 8. The van der Waals surface area contributed by atoms with E-state index in [-0.39, 0.29) is 6.04 Å². The quantitative estimate of drug-likeness (QED) is 0.437. The number of nitrogens with one attached hydrogen (secondary N) is 1. The summed E-state index contributed by atoms with van der Waals surface area (Å²) in [4.78, 5) is 29.0. The van der Waals surface area contributed by atoms with Gasteiger partial charge in [-0.25, -0.2) is 29.9 Å². The summed E-state index contributed by atoms with van der Waals surface area (Å²) in [5.41, 5.74) is 3.36. The molecular weight excluding hydrogens is 392 g/mol. The van der Waals surface area contributed by atoms with Crippen LogP contribution in [0, 0.1) is 0 Å². The van der Waals surface area contributed by atoms with Gasteiger partial charge in [0, 0.05) is 32.2 Å². The second-order valence-corrected chi connectivity index (χ2v) is 8.15. The van der Waals surface area contributed by atoms with Crippen LogP contribution in [0.15, 0.2) is 25.3 Å². The third-order valence-electron chi connectivity index (χ3n) is 5.52. The van der Waals surface area contributed by atoms with Gasteiger partial charge in [-0.2, -0.15) is 0 Å². The van der Waals surface area contributed by atoms with Crippen LogP contribution in [0.2, 0.25) is 0 Å². The number of anilines is 2. The van der Waals surface area contributed by atoms with Gasteiger partial charge in [0.05, 0.1) is 12.7 Å². The smallest absolute Gasteiger partial charge is 0.165 e. The second kappa shape index (κ2) is 8.83. The number of rotatable bonds is 9. The molecule has 0 aliphatic carbocycles. The molecule has 10 heteroatoms. The molecule has 0 radical (unpaired) electrons. The summed E-state index contributed by atoms with van der Waals surface area (Å²) < 4.78 is 4.18. The highest BCUT2D eigenvalue weighted by Gasteiger charge is 2.17. The maximum Gasteiger partial charge on any atom is 0.165 e. The number of hydrogen-bond acceptors (Lipinski definition) is 8. The first-order valence-electron chi connectivity index (χ1n) is 10.8. The molecule has 1 atom stereocenters. The summed E-state index contributed by atoms with van der Waals surface area (Å²) in [6.45, 7) is 10.2. The summed E-state index contributed by atoms with van der Waals surface area (Å²) in [7, 11) is 2.05. The summed E-state index contributed by atoms with van der Waals surface area (Å²) in [5, 5.41) is 3.33. The molecule has 0 spiro atoms. The fourth-order valence-corrected chi connectivity index (χ4v) is 3.67. The van der Waals surface area contributed by atoms with Gasteiger partial charge in [0.15, 0.2) is 28.4 Å². The highest BCUT2D eigenvalue weighted by atomic mass is 15.2. The van der Waals surface area contributed by atoms with E-state index in [1.54, 1.807) is 12.7 Å². The number of nitrogens with zero attached hydrogens (tertiary/aromatic N) is 9. The van der Waals surface area contributed by atoms with E-state index in [9.17, 15) is 0 Å². The standard InChI is InChI=1S/C21H30N10/c1-6-8-22-18-16-20(25-10-23-18)31(13-27-16)15(4)7-9-29(5)19-17-21(26-11-24-19)30(12-28-17)14(2)3/h10-15H,6-9H2,1-5H3,(H,22,23,25). The van der Waals surface area contributed by atoms with Gasteiger partial charge < -0.3 is 19.4 Å². The topological polar surface area (TPSA) is 102 Å². The molecular formula is C21H30N10. The Bertz CT molecular complexity index is 1160. The highest BCUT2D eigenvalue weighted by Crippen LogP contribution is 2.25. The zero-order valence-electron chi connectivity index (χ0n) is 18.8. The molecule has 0 aliphatic heterocycles. The zero-order chi connectivity index (χ0) is 22.0. The molecule has 0 aromatic carbocycles. The Balaban J connectivity index is 1.50. The molecule has 164 valence electrons. The molecule has 1 N–H and O–H groups in total. The number of fused-ring (bicyclic) bond motifs is 2. The zero-order valence-corrected chi connectivity index (χ0v) is 18.8. The fourth-order valence-electron chi connectivity index (χ4n) is 3.67. The number of hydrogen-bond donors (Lipinski definition) is 1. The third kappa shape index (κ3) is 4.01. The van der Waals surface area contributed by atoms with Crippen molar-refractivity contribution >= 4 is 34.0 Å². The van der Waals surface area contributed by atoms with Crippen LogP contribution in [-0.2, 0) is 0 Å². The predicted octanol–water partition coefficient (Wildman–Crippen LogP) is 3.46. The summed E-state index contributed by atoms with van der Waals surface area (Å²) in [6.07, 6.45) is 8.84. The summed E-state index contributed by atoms with van der Waals surface area (Å²) >= 11 is 0. The van der Waals surface area contributed by atoms with Crippen LogP contribution in [0.3, 0.4) is 0 Å². The normalized spacial score (nSPS) is 12.7. The minimum Gasteiger partial charge on any atom is -0.368 e. The van der Waals surface area contributed by atoms with Gasteiger partial charge in [0.25, 0.3) is 0 Å². The maximum atomic E-state index is 4.57. The van der Waals surface area contributed by atoms with E-state index in [4.69, 9.17) is 0 Å². The lowest BCUT2D eigenvalue weighted by molar-refractivity contribution is 0.516. The Morgan fingerprint density at radius 1 is 0.903 bits per heavy atom. The Hall–Kier alpha value is -3.30. The monoisotopic (exact) mass is 422 g/mol. The van der Waals surface area contributed by atoms with Gasteiger partial charge in [0.2, 0.25) is 0 Å². The van der Waals surface area contributed by atoms with Crippen molar-refractivity contribution < 1.29 is 0 Å². The molecule has 4 heterocycles. The molecule has 10 nitrogen and oxygen atoms in total. The Morgan fingerprint density at radius 3 is 2.32 bits per heavy atom. The molecule has 0 bridgehead atoms. The molecule has 0 saturated carbocycles. The second-order valence-electron chi connectivity index (χ2n) is 8.15. The minimum atomic E-state index is 0.215. The molecule has 0 saturated heterocycles. The highest BCUT2D eigenvalue weighted by molar-refractivity contribution is 5.83. The molecule has 31 heavy (non-hydrogen) atoms. The van der Waals surface area contributed by atoms with Crippen LogP contribution >= 0.6 is 0 Å². The molecule has 0 aliphatic rings. The van der Waals surface area contributed by atoms with E-state index in [1.807, 2.05) is 19.7 Å². The lowest BCUT2D eigenvalue weighted by atomic mass is 10.2. The first-order valence-corrected chi connectivity index (χ1v) is 10.8. The fraction of sp³-hybridized carbons (Fsp3) is 0.524. The van der Waals surface area contributed by atoms with Gasteiger partial charge in [0.1, 0.15) is 18.2 Å². The summed E-state index contributed by atoms with van der Waals surface area (Å²) in [5.74, 6) is 1.64. The van der Waals surface area contributed by atoms with Crippen LogP contribution in [-0.4, -0.2) is 59.2 Å². The molecule has 4 aromatic rings. The molecule has 0 fully saturated rings. The molecule has 4 rings (SSSR count). The maximum absolute atomic E-state index is 4.57. The largest absolute Gasteiger partial charge is 0.368 e. The van der Waals surface area contributed by atoms with Crippen LogP contribution in [0.4, 0.5) is 11.6 Å². The number of imidazole rings is 2. The van der Waals surface area contributed by atoms with Crippen molar-refractivity contribution in [3.63, 3.8) is 0 Å². The van der Waals surface area contributed by atoms with Gasteiger partial charge in [-0.1, -0.05) is 6.92 Å². The first-order chi connectivity index (χ1) is 15.0. The van der Waals surface area contributed by atoms with Gasteiger partial charge in [-0.05, 0) is 33.6 Å². The van der Waals surface area contributed by atoms with Crippen molar-refractivity contribution in [3.8, 4) is 0 Å². The lowest BCUT2D eigenvalue weighted by Gasteiger charge is -2.21. The first kappa shape index (κ1) is 21.0. The minimum absolute atomic E-state index is 0.215. The van der Waals surface area contributed by atoms with Gasteiger partial charge in [-0.3, -0.25) is 0 Å². The molecule has 1 unspecified atom stereocenters. The summed E-state index contributed by atoms with van der Waals surface area (Å²) in [6, 6.07) is 0.512. The SMILES string of the molecule is CCCNc1ncnc2c1ncn2C(C)CCN(C)c1ncnc2c1ncn2C(C)C. The third-order valence-corrected chi connectivity index (χ3v) is 5.52. The van der Waals surface area contributed by atoms with E-state index in [0.29, 0.717) is 6.04 Å². The lowest BCUT2D eigenvalue weighted by Crippen LogP contribution is -2.23. The van der Waals surface area contributed by atoms with E-state index < -0.39 is 0 Å². The van der Waals surface area contributed by atoms with Crippen molar-refractivity contribution in [2.24, 2.45) is 0 Å². The van der Waals surface area contributed by atoms with Crippen molar-refractivity contribution in [1.29, 1.82) is 0 Å². The van der Waals surface area contributed by atoms with Crippen molar-refractivity contribution in [2.75, 3.05) is 30.4 Å². The van der Waals surface area contributed by atoms with Gasteiger partial charge in [-0.15, -0.1) is 0 Å². The van der Waals surface area contributed by atoms with E-state index in [0.717, 1.165) is 59.9 Å². The molecule has 4 aromatic heterocycles. The predicted molar refractivity (Wildman–Crippen MR) is 122 cm³/mol. The van der Waals surface area contributed by atoms with Crippen LogP contribution < -0.4 is 10.2 Å². The van der Waals surface area contributed by atoms with Crippen LogP contribution in [0.1, 0.15) is 52.6 Å². The van der Waals surface area contributed by atoms with Crippen molar-refractivity contribution in [3.05, 3.63) is 25.3 Å². The Kier molecular flexibility index (Phi) is 5.97. The van der Waals surface area contributed by atoms with Crippen LogP contribution in [0.5, 0.6) is 0 Å². The van der Waals surface area contributed by atoms with E-state index >= 15 is 0 Å². The Morgan fingerprint density at radius 2 is 1.58 bits per heavy atom. The van der Waals surface area contributed by atoms with Crippen molar-refractivity contribution in [2.45, 2.75) is 52.6 Å². The average molecular weight is 423 g/mol. The van der Waals surface area contributed by atoms with Crippen LogP contribution in [0.25, 0.3) is 22.3 Å². The molecule has 0 amide bonds. The Labute approximate surface area is 181 Å². The average Bonchev–Trinajstić information content (AvgIpc) is 3.40. The van der Waals surface area contributed by atoms with E-state index in [1.165, 1.54) is 0 Å². The van der Waals surface area contributed by atoms with Crippen molar-refractivity contribution in [1.82, 2.24) is 39.0 Å².